The number of rotatable bonds is 6. The van der Waals surface area contributed by atoms with Gasteiger partial charge in [-0.2, -0.15) is 0 Å². The number of ether oxygens (including phenoxy) is 1. The molecule has 0 aromatic carbocycles. The number of methoxy groups -OCH3 is 1. The van der Waals surface area contributed by atoms with Gasteiger partial charge in [0.05, 0.1) is 11.6 Å². The summed E-state index contributed by atoms with van der Waals surface area (Å²) < 4.78 is 4.98. The number of carbonyl (C=O) groups is 1. The van der Waals surface area contributed by atoms with E-state index in [-0.39, 0.29) is 11.3 Å². The average Bonchev–Trinajstić information content (AvgIpc) is 2.15. The van der Waals surface area contributed by atoms with Gasteiger partial charge in [0.25, 0.3) is 0 Å². The summed E-state index contributed by atoms with van der Waals surface area (Å²) in [6.45, 7) is 7.37. The predicted octanol–water partition coefficient (Wildman–Crippen LogP) is 1.18. The highest BCUT2D eigenvalue weighted by molar-refractivity contribution is 7.80. The minimum Gasteiger partial charge on any atom is -0.393 e. The molecule has 2 N–H and O–H groups in total. The molecule has 0 aromatic rings. The van der Waals surface area contributed by atoms with E-state index >= 15 is 0 Å². The Morgan fingerprint density at radius 2 is 1.94 bits per heavy atom. The molecule has 0 aromatic heterocycles. The molecule has 0 saturated heterocycles. The number of nitrogens with two attached hydrogens (primary N) is 1. The normalized spacial score (nSPS) is 11.2. The smallest absolute Gasteiger partial charge is 0.228 e. The highest BCUT2D eigenvalue weighted by atomic mass is 32.1. The molecular weight excluding hydrogens is 224 g/mol. The Hall–Kier alpha value is -0.680. The monoisotopic (exact) mass is 246 g/mol. The summed E-state index contributed by atoms with van der Waals surface area (Å²) in [7, 11) is 1.62. The summed E-state index contributed by atoms with van der Waals surface area (Å²) in [5.74, 6) is 0.0980. The average molecular weight is 246 g/mol. The second kappa shape index (κ2) is 6.81. The highest BCUT2D eigenvalue weighted by Gasteiger charge is 2.26. The zero-order valence-corrected chi connectivity index (χ0v) is 11.4. The van der Waals surface area contributed by atoms with Crippen molar-refractivity contribution in [2.75, 3.05) is 26.8 Å². The topological polar surface area (TPSA) is 55.6 Å². The van der Waals surface area contributed by atoms with Crippen LogP contribution in [0.15, 0.2) is 0 Å². The van der Waals surface area contributed by atoms with Crippen LogP contribution in [0.4, 0.5) is 0 Å². The lowest BCUT2D eigenvalue weighted by atomic mass is 9.94. The van der Waals surface area contributed by atoms with E-state index in [1.54, 1.807) is 12.0 Å². The summed E-state index contributed by atoms with van der Waals surface area (Å²) in [6, 6.07) is 0. The lowest BCUT2D eigenvalue weighted by Crippen LogP contribution is -2.42. The van der Waals surface area contributed by atoms with Crippen LogP contribution in [0.3, 0.4) is 0 Å². The molecule has 0 aliphatic rings. The van der Waals surface area contributed by atoms with Crippen LogP contribution in [-0.2, 0) is 9.53 Å². The second-order valence-corrected chi connectivity index (χ2v) is 5.28. The molecule has 0 atom stereocenters. The predicted molar refractivity (Wildman–Crippen MR) is 69.3 cm³/mol. The van der Waals surface area contributed by atoms with E-state index in [1.807, 2.05) is 20.8 Å². The molecule has 4 nitrogen and oxygen atoms in total. The van der Waals surface area contributed by atoms with Crippen molar-refractivity contribution >= 4 is 23.1 Å². The van der Waals surface area contributed by atoms with E-state index in [1.165, 1.54) is 0 Å². The van der Waals surface area contributed by atoms with Gasteiger partial charge in [-0.3, -0.25) is 4.79 Å². The summed E-state index contributed by atoms with van der Waals surface area (Å²) in [4.78, 5) is 14.3. The van der Waals surface area contributed by atoms with Crippen molar-refractivity contribution in [1.82, 2.24) is 4.90 Å². The molecule has 94 valence electrons. The summed E-state index contributed by atoms with van der Waals surface area (Å²) >= 11 is 4.82. The fourth-order valence-electron chi connectivity index (χ4n) is 1.24. The third-order valence-corrected chi connectivity index (χ3v) is 2.33. The van der Waals surface area contributed by atoms with E-state index in [0.29, 0.717) is 31.1 Å². The van der Waals surface area contributed by atoms with Gasteiger partial charge in [0.2, 0.25) is 5.91 Å². The molecule has 0 saturated carbocycles. The first kappa shape index (κ1) is 15.3. The van der Waals surface area contributed by atoms with E-state index in [2.05, 4.69) is 0 Å². The Kier molecular flexibility index (Phi) is 6.52. The first-order valence-corrected chi connectivity index (χ1v) is 5.76. The maximum Gasteiger partial charge on any atom is 0.228 e. The Morgan fingerprint density at radius 3 is 2.31 bits per heavy atom. The SMILES string of the molecule is COCCN(CCC(N)=S)C(=O)C(C)(C)C. The zero-order chi connectivity index (χ0) is 12.8. The Balaban J connectivity index is 4.41. The zero-order valence-electron chi connectivity index (χ0n) is 10.6. The van der Waals surface area contributed by atoms with Crippen molar-refractivity contribution in [1.29, 1.82) is 0 Å². The van der Waals surface area contributed by atoms with Crippen LogP contribution in [0.5, 0.6) is 0 Å². The molecule has 0 spiro atoms. The van der Waals surface area contributed by atoms with Gasteiger partial charge in [0, 0.05) is 32.0 Å². The van der Waals surface area contributed by atoms with Crippen molar-refractivity contribution in [3.63, 3.8) is 0 Å². The van der Waals surface area contributed by atoms with E-state index in [4.69, 9.17) is 22.7 Å². The van der Waals surface area contributed by atoms with E-state index in [9.17, 15) is 4.79 Å². The summed E-state index contributed by atoms with van der Waals surface area (Å²) in [5.41, 5.74) is 5.06. The van der Waals surface area contributed by atoms with Crippen LogP contribution in [0, 0.1) is 5.41 Å². The Labute approximate surface area is 103 Å². The molecule has 5 heteroatoms. The Morgan fingerprint density at radius 1 is 1.38 bits per heavy atom. The van der Waals surface area contributed by atoms with E-state index < -0.39 is 0 Å². The molecule has 0 fully saturated rings. The van der Waals surface area contributed by atoms with Gasteiger partial charge >= 0.3 is 0 Å². The minimum atomic E-state index is -0.385. The molecule has 0 heterocycles. The number of carbonyl (C=O) groups excluding carboxylic acids is 1. The van der Waals surface area contributed by atoms with Crippen molar-refractivity contribution in [2.45, 2.75) is 27.2 Å². The van der Waals surface area contributed by atoms with Gasteiger partial charge < -0.3 is 15.4 Å². The van der Waals surface area contributed by atoms with Crippen molar-refractivity contribution in [3.05, 3.63) is 0 Å². The van der Waals surface area contributed by atoms with Gasteiger partial charge in [-0.25, -0.2) is 0 Å². The number of amides is 1. The number of thiocarbonyl (C=S) groups is 1. The second-order valence-electron chi connectivity index (χ2n) is 4.75. The van der Waals surface area contributed by atoms with Gasteiger partial charge in [-0.1, -0.05) is 33.0 Å². The van der Waals surface area contributed by atoms with Crippen LogP contribution < -0.4 is 5.73 Å². The number of hydrogen-bond acceptors (Lipinski definition) is 3. The maximum atomic E-state index is 12.1. The van der Waals surface area contributed by atoms with Gasteiger partial charge in [-0.05, 0) is 0 Å². The first-order valence-electron chi connectivity index (χ1n) is 5.35. The maximum absolute atomic E-state index is 12.1. The molecule has 0 radical (unpaired) electrons. The molecule has 1 amide bonds. The van der Waals surface area contributed by atoms with Crippen molar-refractivity contribution < 1.29 is 9.53 Å². The van der Waals surface area contributed by atoms with Crippen LogP contribution in [0.1, 0.15) is 27.2 Å². The standard InChI is InChI=1S/C11H22N2O2S/c1-11(2,3)10(14)13(7-8-15-4)6-5-9(12)16/h5-8H2,1-4H3,(H2,12,16). The van der Waals surface area contributed by atoms with E-state index in [0.717, 1.165) is 0 Å². The van der Waals surface area contributed by atoms with Crippen LogP contribution in [-0.4, -0.2) is 42.6 Å². The quantitative estimate of drug-likeness (QED) is 0.715. The molecular formula is C11H22N2O2S. The minimum absolute atomic E-state index is 0.0980. The van der Waals surface area contributed by atoms with Crippen molar-refractivity contribution in [3.8, 4) is 0 Å². The Bertz CT molecular complexity index is 249. The van der Waals surface area contributed by atoms with Crippen LogP contribution in [0.2, 0.25) is 0 Å². The molecule has 16 heavy (non-hydrogen) atoms. The summed E-state index contributed by atoms with van der Waals surface area (Å²) in [6.07, 6.45) is 0.556. The highest BCUT2D eigenvalue weighted by Crippen LogP contribution is 2.17. The fourth-order valence-corrected chi connectivity index (χ4v) is 1.33. The third-order valence-electron chi connectivity index (χ3n) is 2.12. The number of nitrogens with zero attached hydrogens (tertiary/aromatic N) is 1. The van der Waals surface area contributed by atoms with Crippen molar-refractivity contribution in [2.24, 2.45) is 11.1 Å². The summed E-state index contributed by atoms with van der Waals surface area (Å²) in [5, 5.41) is 0. The fraction of sp³-hybridized carbons (Fsp3) is 0.818. The van der Waals surface area contributed by atoms with Crippen LogP contribution in [0.25, 0.3) is 0 Å². The third kappa shape index (κ3) is 6.02. The molecule has 0 aliphatic carbocycles. The molecule has 0 bridgehead atoms. The first-order chi connectivity index (χ1) is 7.29. The van der Waals surface area contributed by atoms with Crippen LogP contribution >= 0.6 is 12.2 Å². The largest absolute Gasteiger partial charge is 0.393 e. The van der Waals surface area contributed by atoms with Gasteiger partial charge in [0.15, 0.2) is 0 Å². The number of hydrogen-bond donors (Lipinski definition) is 1. The lowest BCUT2D eigenvalue weighted by molar-refractivity contribution is -0.140. The van der Waals surface area contributed by atoms with Gasteiger partial charge in [-0.15, -0.1) is 0 Å². The molecule has 0 aliphatic heterocycles. The van der Waals surface area contributed by atoms with Gasteiger partial charge in [0.1, 0.15) is 0 Å². The lowest BCUT2D eigenvalue weighted by Gasteiger charge is -2.29. The molecule has 0 unspecified atom stereocenters. The molecule has 0 rings (SSSR count).